The van der Waals surface area contributed by atoms with Crippen LogP contribution in [0.5, 0.6) is 0 Å². The predicted molar refractivity (Wildman–Crippen MR) is 86.0 cm³/mol. The highest BCUT2D eigenvalue weighted by Gasteiger charge is 2.06. The maximum Gasteiger partial charge on any atom is 0.263 e. The molecule has 3 rings (SSSR count). The van der Waals surface area contributed by atoms with Gasteiger partial charge >= 0.3 is 0 Å². The van der Waals surface area contributed by atoms with Gasteiger partial charge in [0, 0.05) is 6.54 Å². The fraction of sp³-hybridized carbons (Fsp3) is 0.200. The largest absolute Gasteiger partial charge is 0.323 e. The Morgan fingerprint density at radius 3 is 2.80 bits per heavy atom. The molecule has 5 heteroatoms. The molecule has 20 heavy (non-hydrogen) atoms. The van der Waals surface area contributed by atoms with Gasteiger partial charge in [0.15, 0.2) is 4.77 Å². The zero-order valence-corrected chi connectivity index (χ0v) is 12.5. The highest BCUT2D eigenvalue weighted by atomic mass is 32.1. The maximum atomic E-state index is 12.3. The number of benzene rings is 1. The van der Waals surface area contributed by atoms with Gasteiger partial charge in [-0.3, -0.25) is 9.36 Å². The Morgan fingerprint density at radius 1 is 1.20 bits per heavy atom. The van der Waals surface area contributed by atoms with Crippen molar-refractivity contribution in [3.05, 3.63) is 62.5 Å². The van der Waals surface area contributed by atoms with Gasteiger partial charge in [-0.05, 0) is 42.1 Å². The number of hydrogen-bond donors (Lipinski definition) is 1. The fourth-order valence-corrected chi connectivity index (χ4v) is 3.38. The van der Waals surface area contributed by atoms with Gasteiger partial charge in [-0.2, -0.15) is 0 Å². The number of H-pyrrole nitrogens is 1. The third-order valence-electron chi connectivity index (χ3n) is 3.30. The quantitative estimate of drug-likeness (QED) is 0.745. The van der Waals surface area contributed by atoms with E-state index in [0.717, 1.165) is 23.1 Å². The van der Waals surface area contributed by atoms with E-state index in [0.29, 0.717) is 11.3 Å². The van der Waals surface area contributed by atoms with Crippen LogP contribution >= 0.6 is 23.6 Å². The van der Waals surface area contributed by atoms with E-state index in [1.54, 1.807) is 4.57 Å². The van der Waals surface area contributed by atoms with Gasteiger partial charge in [0.25, 0.3) is 5.56 Å². The molecule has 2 heterocycles. The third-order valence-corrected chi connectivity index (χ3v) is 4.45. The first-order valence-corrected chi connectivity index (χ1v) is 7.79. The van der Waals surface area contributed by atoms with Crippen LogP contribution in [0, 0.1) is 4.77 Å². The highest BCUT2D eigenvalue weighted by Crippen LogP contribution is 2.14. The average molecular weight is 302 g/mol. The molecule has 0 aliphatic carbocycles. The summed E-state index contributed by atoms with van der Waals surface area (Å²) in [5.41, 5.74) is 1.30. The highest BCUT2D eigenvalue weighted by molar-refractivity contribution is 7.71. The second-order valence-corrected chi connectivity index (χ2v) is 5.94. The summed E-state index contributed by atoms with van der Waals surface area (Å²) in [6.45, 7) is 0.648. The summed E-state index contributed by atoms with van der Waals surface area (Å²) in [7, 11) is 0. The van der Waals surface area contributed by atoms with Crippen LogP contribution in [0.1, 0.15) is 12.0 Å². The molecule has 1 N–H and O–H groups in total. The first-order chi connectivity index (χ1) is 9.75. The molecule has 0 fully saturated rings. The summed E-state index contributed by atoms with van der Waals surface area (Å²) in [5, 5.41) is 2.63. The van der Waals surface area contributed by atoms with Crippen molar-refractivity contribution in [1.29, 1.82) is 0 Å². The number of aromatic nitrogens is 2. The van der Waals surface area contributed by atoms with Gasteiger partial charge in [0.05, 0.1) is 5.39 Å². The number of nitrogens with zero attached hydrogens (tertiary/aromatic N) is 1. The summed E-state index contributed by atoms with van der Waals surface area (Å²) in [5.74, 6) is 0. The van der Waals surface area contributed by atoms with Crippen molar-refractivity contribution in [1.82, 2.24) is 9.55 Å². The van der Waals surface area contributed by atoms with E-state index in [-0.39, 0.29) is 5.56 Å². The van der Waals surface area contributed by atoms with Crippen molar-refractivity contribution >= 4 is 33.8 Å². The zero-order valence-electron chi connectivity index (χ0n) is 10.8. The Kier molecular flexibility index (Phi) is 3.80. The van der Waals surface area contributed by atoms with Crippen LogP contribution in [0.3, 0.4) is 0 Å². The predicted octanol–water partition coefficient (Wildman–Crippen LogP) is 3.75. The molecule has 0 radical (unpaired) electrons. The minimum atomic E-state index is 0.0121. The van der Waals surface area contributed by atoms with E-state index in [9.17, 15) is 4.79 Å². The van der Waals surface area contributed by atoms with E-state index < -0.39 is 0 Å². The SMILES string of the molecule is O=c1c2ccsc2[nH]c(=S)n1CCCc1ccccc1. The van der Waals surface area contributed by atoms with E-state index in [2.05, 4.69) is 17.1 Å². The van der Waals surface area contributed by atoms with Crippen molar-refractivity contribution < 1.29 is 0 Å². The van der Waals surface area contributed by atoms with Crippen LogP contribution in [0.2, 0.25) is 0 Å². The van der Waals surface area contributed by atoms with Crippen LogP contribution in [0.4, 0.5) is 0 Å². The van der Waals surface area contributed by atoms with Crippen molar-refractivity contribution in [2.24, 2.45) is 0 Å². The molecule has 0 aliphatic rings. The molecule has 0 saturated carbocycles. The van der Waals surface area contributed by atoms with Gasteiger partial charge < -0.3 is 4.98 Å². The summed E-state index contributed by atoms with van der Waals surface area (Å²) >= 11 is 6.79. The Morgan fingerprint density at radius 2 is 2.00 bits per heavy atom. The second kappa shape index (κ2) is 5.73. The van der Waals surface area contributed by atoms with Crippen molar-refractivity contribution in [2.45, 2.75) is 19.4 Å². The molecule has 3 aromatic rings. The van der Waals surface area contributed by atoms with Crippen molar-refractivity contribution in [3.8, 4) is 0 Å². The van der Waals surface area contributed by atoms with E-state index in [4.69, 9.17) is 12.2 Å². The number of thiophene rings is 1. The van der Waals surface area contributed by atoms with Gasteiger partial charge in [0.1, 0.15) is 4.83 Å². The lowest BCUT2D eigenvalue weighted by Gasteiger charge is -2.06. The lowest BCUT2D eigenvalue weighted by Crippen LogP contribution is -2.21. The molecule has 0 atom stereocenters. The Hall–Kier alpha value is -1.72. The van der Waals surface area contributed by atoms with Gasteiger partial charge in [-0.1, -0.05) is 30.3 Å². The summed E-state index contributed by atoms with van der Waals surface area (Å²) < 4.78 is 2.17. The lowest BCUT2D eigenvalue weighted by atomic mass is 10.1. The molecule has 0 aliphatic heterocycles. The van der Waals surface area contributed by atoms with Crippen molar-refractivity contribution in [3.63, 3.8) is 0 Å². The van der Waals surface area contributed by atoms with Gasteiger partial charge in [-0.15, -0.1) is 11.3 Å². The first-order valence-electron chi connectivity index (χ1n) is 6.50. The number of aromatic amines is 1. The smallest absolute Gasteiger partial charge is 0.263 e. The third kappa shape index (κ3) is 2.59. The molecule has 0 spiro atoms. The van der Waals surface area contributed by atoms with E-state index in [1.165, 1.54) is 16.9 Å². The Labute approximate surface area is 125 Å². The number of nitrogens with one attached hydrogen (secondary N) is 1. The molecule has 2 aromatic heterocycles. The van der Waals surface area contributed by atoms with Crippen LogP contribution < -0.4 is 5.56 Å². The zero-order chi connectivity index (χ0) is 13.9. The molecule has 1 aromatic carbocycles. The van der Waals surface area contributed by atoms with Crippen LogP contribution in [0.25, 0.3) is 10.2 Å². The molecular weight excluding hydrogens is 288 g/mol. The molecule has 0 bridgehead atoms. The maximum absolute atomic E-state index is 12.3. The molecular formula is C15H14N2OS2. The fourth-order valence-electron chi connectivity index (χ4n) is 2.27. The monoisotopic (exact) mass is 302 g/mol. The van der Waals surface area contributed by atoms with Crippen LogP contribution in [-0.2, 0) is 13.0 Å². The molecule has 0 amide bonds. The normalized spacial score (nSPS) is 11.0. The Balaban J connectivity index is 1.81. The summed E-state index contributed by atoms with van der Waals surface area (Å²) in [4.78, 5) is 16.3. The number of aryl methyl sites for hydroxylation is 1. The minimum Gasteiger partial charge on any atom is -0.323 e. The van der Waals surface area contributed by atoms with Crippen LogP contribution in [-0.4, -0.2) is 9.55 Å². The topological polar surface area (TPSA) is 37.8 Å². The van der Waals surface area contributed by atoms with Crippen molar-refractivity contribution in [2.75, 3.05) is 0 Å². The van der Waals surface area contributed by atoms with Gasteiger partial charge in [-0.25, -0.2) is 0 Å². The Bertz CT molecular complexity index is 830. The summed E-state index contributed by atoms with van der Waals surface area (Å²) in [6, 6.07) is 12.1. The average Bonchev–Trinajstić information content (AvgIpc) is 2.92. The van der Waals surface area contributed by atoms with E-state index in [1.807, 2.05) is 29.6 Å². The summed E-state index contributed by atoms with van der Waals surface area (Å²) in [6.07, 6.45) is 1.85. The van der Waals surface area contributed by atoms with E-state index >= 15 is 0 Å². The lowest BCUT2D eigenvalue weighted by molar-refractivity contribution is 0.610. The number of rotatable bonds is 4. The molecule has 3 nitrogen and oxygen atoms in total. The number of fused-ring (bicyclic) bond motifs is 1. The molecule has 0 saturated heterocycles. The molecule has 0 unspecified atom stereocenters. The second-order valence-electron chi connectivity index (χ2n) is 4.64. The van der Waals surface area contributed by atoms with Crippen LogP contribution in [0.15, 0.2) is 46.6 Å². The number of hydrogen-bond acceptors (Lipinski definition) is 3. The van der Waals surface area contributed by atoms with Gasteiger partial charge in [0.2, 0.25) is 0 Å². The molecule has 102 valence electrons. The standard InChI is InChI=1S/C15H14N2OS2/c18-14-12-8-10-20-13(12)16-15(19)17(14)9-4-7-11-5-2-1-3-6-11/h1-3,5-6,8,10H,4,7,9H2,(H,16,19). The minimum absolute atomic E-state index is 0.0121. The first kappa shape index (κ1) is 13.3.